The zero-order chi connectivity index (χ0) is 21.1. The van der Waals surface area contributed by atoms with Gasteiger partial charge in [-0.3, -0.25) is 9.59 Å². The van der Waals surface area contributed by atoms with E-state index in [0.717, 1.165) is 0 Å². The third kappa shape index (κ3) is 4.16. The van der Waals surface area contributed by atoms with Crippen molar-refractivity contribution < 1.29 is 28.6 Å². The number of methoxy groups -OCH3 is 1. The first kappa shape index (κ1) is 21.0. The molecule has 1 aliphatic rings. The fraction of sp³-hybridized carbons (Fsp3) is 0.333. The van der Waals surface area contributed by atoms with Gasteiger partial charge in [-0.15, -0.1) is 0 Å². The van der Waals surface area contributed by atoms with Crippen LogP contribution in [0.5, 0.6) is 5.75 Å². The van der Waals surface area contributed by atoms with Crippen molar-refractivity contribution in [2.75, 3.05) is 20.3 Å². The maximum Gasteiger partial charge on any atom is 0.295 e. The predicted molar refractivity (Wildman–Crippen MR) is 107 cm³/mol. The summed E-state index contributed by atoms with van der Waals surface area (Å²) in [5.41, 5.74) is 0.128. The van der Waals surface area contributed by atoms with Gasteiger partial charge in [-0.1, -0.05) is 11.6 Å². The second kappa shape index (κ2) is 8.71. The molecule has 0 spiro atoms. The molecule has 1 N–H and O–H groups in total. The zero-order valence-electron chi connectivity index (χ0n) is 16.3. The predicted octanol–water partition coefficient (Wildman–Crippen LogP) is 3.79. The Balaban J connectivity index is 2.10. The molecule has 1 aromatic heterocycles. The number of carbonyl (C=O) groups is 2. The van der Waals surface area contributed by atoms with E-state index in [1.807, 2.05) is 13.8 Å². The Morgan fingerprint density at radius 3 is 2.69 bits per heavy atom. The minimum atomic E-state index is -0.885. The monoisotopic (exact) mass is 419 g/mol. The lowest BCUT2D eigenvalue weighted by atomic mass is 9.99. The van der Waals surface area contributed by atoms with Gasteiger partial charge in [-0.05, 0) is 44.2 Å². The highest BCUT2D eigenvalue weighted by molar-refractivity contribution is 6.46. The highest BCUT2D eigenvalue weighted by Crippen LogP contribution is 2.41. The number of furan rings is 1. The van der Waals surface area contributed by atoms with Gasteiger partial charge in [-0.25, -0.2) is 0 Å². The number of carbonyl (C=O) groups excluding carboxylic acids is 2. The number of benzene rings is 1. The van der Waals surface area contributed by atoms with Crippen LogP contribution in [-0.4, -0.2) is 48.1 Å². The van der Waals surface area contributed by atoms with Crippen LogP contribution in [0.15, 0.2) is 46.6 Å². The smallest absolute Gasteiger partial charge is 0.295 e. The van der Waals surface area contributed by atoms with Crippen molar-refractivity contribution in [1.29, 1.82) is 0 Å². The molecule has 1 aliphatic heterocycles. The van der Waals surface area contributed by atoms with Gasteiger partial charge in [-0.2, -0.15) is 0 Å². The van der Waals surface area contributed by atoms with Gasteiger partial charge in [0.2, 0.25) is 0 Å². The summed E-state index contributed by atoms with van der Waals surface area (Å²) in [7, 11) is 1.44. The lowest BCUT2D eigenvalue weighted by Gasteiger charge is -2.23. The van der Waals surface area contributed by atoms with Crippen molar-refractivity contribution >= 4 is 29.1 Å². The van der Waals surface area contributed by atoms with E-state index >= 15 is 0 Å². The molecule has 2 heterocycles. The fourth-order valence-electron chi connectivity index (χ4n) is 3.25. The second-order valence-corrected chi connectivity index (χ2v) is 7.21. The van der Waals surface area contributed by atoms with Crippen molar-refractivity contribution in [2.24, 2.45) is 0 Å². The minimum Gasteiger partial charge on any atom is -0.507 e. The van der Waals surface area contributed by atoms with Gasteiger partial charge in [0.15, 0.2) is 0 Å². The van der Waals surface area contributed by atoms with E-state index in [2.05, 4.69) is 0 Å². The number of likely N-dealkylation sites (tertiary alicyclic amines) is 1. The van der Waals surface area contributed by atoms with E-state index in [4.69, 9.17) is 25.5 Å². The Kier molecular flexibility index (Phi) is 6.30. The third-order valence-electron chi connectivity index (χ3n) is 4.55. The number of nitrogens with zero attached hydrogens (tertiary/aromatic N) is 1. The molecule has 1 aromatic carbocycles. The number of ether oxygens (including phenoxy) is 2. The van der Waals surface area contributed by atoms with Crippen LogP contribution in [0.3, 0.4) is 0 Å². The number of aliphatic hydroxyl groups is 1. The number of amides is 1. The first-order valence-electron chi connectivity index (χ1n) is 9.12. The molecule has 8 heteroatoms. The van der Waals surface area contributed by atoms with Crippen LogP contribution in [0.1, 0.15) is 31.2 Å². The largest absolute Gasteiger partial charge is 0.507 e. The molecule has 1 saturated heterocycles. The number of rotatable bonds is 7. The molecule has 0 radical (unpaired) electrons. The van der Waals surface area contributed by atoms with Crippen molar-refractivity contribution in [3.8, 4) is 5.75 Å². The highest BCUT2D eigenvalue weighted by Gasteiger charge is 2.47. The summed E-state index contributed by atoms with van der Waals surface area (Å²) in [6.07, 6.45) is 1.42. The van der Waals surface area contributed by atoms with Gasteiger partial charge in [0.1, 0.15) is 23.3 Å². The average molecular weight is 420 g/mol. The maximum absolute atomic E-state index is 12.9. The van der Waals surface area contributed by atoms with E-state index in [-0.39, 0.29) is 36.2 Å². The fourth-order valence-corrected chi connectivity index (χ4v) is 3.42. The summed E-state index contributed by atoms with van der Waals surface area (Å²) in [6, 6.07) is 7.07. The minimum absolute atomic E-state index is 0.0235. The van der Waals surface area contributed by atoms with E-state index in [0.29, 0.717) is 16.5 Å². The highest BCUT2D eigenvalue weighted by atomic mass is 35.5. The summed E-state index contributed by atoms with van der Waals surface area (Å²) >= 11 is 6.07. The maximum atomic E-state index is 12.9. The molecule has 1 unspecified atom stereocenters. The van der Waals surface area contributed by atoms with Crippen molar-refractivity contribution in [3.63, 3.8) is 0 Å². The van der Waals surface area contributed by atoms with Gasteiger partial charge >= 0.3 is 0 Å². The van der Waals surface area contributed by atoms with E-state index in [1.165, 1.54) is 24.3 Å². The van der Waals surface area contributed by atoms with Crippen LogP contribution in [0.25, 0.3) is 5.76 Å². The first-order valence-corrected chi connectivity index (χ1v) is 9.50. The summed E-state index contributed by atoms with van der Waals surface area (Å²) in [6.45, 7) is 4.16. The van der Waals surface area contributed by atoms with Gasteiger partial charge < -0.3 is 23.9 Å². The Bertz CT molecular complexity index is 935. The number of halogens is 1. The van der Waals surface area contributed by atoms with E-state index in [9.17, 15) is 14.7 Å². The number of aliphatic hydroxyl groups excluding tert-OH is 1. The molecular formula is C21H22ClNO6. The molecule has 29 heavy (non-hydrogen) atoms. The molecule has 0 bridgehead atoms. The molecule has 1 fully saturated rings. The van der Waals surface area contributed by atoms with Crippen molar-refractivity contribution in [3.05, 3.63) is 58.5 Å². The quantitative estimate of drug-likeness (QED) is 0.417. The molecular weight excluding hydrogens is 398 g/mol. The van der Waals surface area contributed by atoms with Crippen LogP contribution in [0.2, 0.25) is 5.02 Å². The summed E-state index contributed by atoms with van der Waals surface area (Å²) in [5.74, 6) is -1.25. The van der Waals surface area contributed by atoms with Crippen molar-refractivity contribution in [1.82, 2.24) is 4.90 Å². The molecule has 3 rings (SSSR count). The van der Waals surface area contributed by atoms with Gasteiger partial charge in [0.05, 0.1) is 37.2 Å². The molecule has 0 saturated carbocycles. The summed E-state index contributed by atoms with van der Waals surface area (Å²) < 4.78 is 16.3. The number of hydrogen-bond acceptors (Lipinski definition) is 6. The van der Waals surface area contributed by atoms with Crippen molar-refractivity contribution in [2.45, 2.75) is 26.0 Å². The average Bonchev–Trinajstić information content (AvgIpc) is 3.29. The Morgan fingerprint density at radius 2 is 2.07 bits per heavy atom. The Hall–Kier alpha value is -2.77. The van der Waals surface area contributed by atoms with Gasteiger partial charge in [0, 0.05) is 11.6 Å². The van der Waals surface area contributed by atoms with Crippen LogP contribution in [0.4, 0.5) is 0 Å². The molecule has 7 nitrogen and oxygen atoms in total. The van der Waals surface area contributed by atoms with Crippen LogP contribution in [-0.2, 0) is 14.3 Å². The van der Waals surface area contributed by atoms with Crippen LogP contribution < -0.4 is 4.74 Å². The molecule has 0 aliphatic carbocycles. The standard InChI is InChI=1S/C21H22ClNO6/c1-12(2)28-10-8-23-18(16-5-4-9-29-16)17(20(25)21(23)26)19(24)14-11-13(22)6-7-15(14)27-3/h4-7,9,11-12,18,24H,8,10H2,1-3H3/b19-17-. The SMILES string of the molecule is COc1ccc(Cl)cc1/C(O)=C1/C(=O)C(=O)N(CCOC(C)C)C1c1ccco1. The lowest BCUT2D eigenvalue weighted by molar-refractivity contribution is -0.140. The number of hydrogen-bond donors (Lipinski definition) is 1. The third-order valence-corrected chi connectivity index (χ3v) is 4.79. The second-order valence-electron chi connectivity index (χ2n) is 6.77. The molecule has 2 aromatic rings. The summed E-state index contributed by atoms with van der Waals surface area (Å²) in [5, 5.41) is 11.4. The number of ketones is 1. The molecule has 1 amide bonds. The Morgan fingerprint density at radius 1 is 1.31 bits per heavy atom. The Labute approximate surface area is 173 Å². The number of Topliss-reactive ketones (excluding diaryl/α,β-unsaturated/α-hetero) is 1. The topological polar surface area (TPSA) is 89.2 Å². The normalized spacial score (nSPS) is 18.7. The lowest BCUT2D eigenvalue weighted by Crippen LogP contribution is -2.33. The van der Waals surface area contributed by atoms with Crippen LogP contribution >= 0.6 is 11.6 Å². The molecule has 1 atom stereocenters. The summed E-state index contributed by atoms with van der Waals surface area (Å²) in [4.78, 5) is 26.9. The van der Waals surface area contributed by atoms with E-state index < -0.39 is 17.7 Å². The zero-order valence-corrected chi connectivity index (χ0v) is 17.1. The van der Waals surface area contributed by atoms with E-state index in [1.54, 1.807) is 24.3 Å². The van der Waals surface area contributed by atoms with Crippen LogP contribution in [0, 0.1) is 0 Å². The van der Waals surface area contributed by atoms with Gasteiger partial charge in [0.25, 0.3) is 11.7 Å². The first-order chi connectivity index (χ1) is 13.8. The molecule has 154 valence electrons.